The Morgan fingerprint density at radius 3 is 2.55 bits per heavy atom. The summed E-state index contributed by atoms with van der Waals surface area (Å²) >= 11 is 0. The highest BCUT2D eigenvalue weighted by molar-refractivity contribution is 4.67. The van der Waals surface area contributed by atoms with Crippen molar-refractivity contribution >= 4 is 0 Å². The molecule has 1 atom stereocenters. The Morgan fingerprint density at radius 1 is 1.27 bits per heavy atom. The van der Waals surface area contributed by atoms with Crippen molar-refractivity contribution in [3.8, 4) is 6.07 Å². The van der Waals surface area contributed by atoms with Crippen molar-refractivity contribution in [3.63, 3.8) is 0 Å². The zero-order valence-corrected chi connectivity index (χ0v) is 7.77. The Kier molecular flexibility index (Phi) is 7.24. The third-order valence-corrected chi connectivity index (χ3v) is 2.18. The van der Waals surface area contributed by atoms with Gasteiger partial charge in [-0.25, -0.2) is 0 Å². The molecule has 0 spiro atoms. The molecule has 0 amide bonds. The van der Waals surface area contributed by atoms with Gasteiger partial charge < -0.3 is 0 Å². The van der Waals surface area contributed by atoms with E-state index >= 15 is 0 Å². The molecule has 0 aliphatic rings. The van der Waals surface area contributed by atoms with Crippen molar-refractivity contribution in [2.24, 2.45) is 5.92 Å². The average Bonchev–Trinajstić information content (AvgIpc) is 2.04. The maximum Gasteiger partial charge on any atom is 0.0621 e. The highest BCUT2D eigenvalue weighted by Crippen LogP contribution is 2.12. The van der Waals surface area contributed by atoms with Crippen LogP contribution in [0, 0.1) is 17.2 Å². The maximum atomic E-state index is 8.27. The standard InChI is InChI=1S/C10H19N/c1-3-10(2)8-6-4-5-7-9-11/h10H,3-8H2,1-2H3/t10-/m0/s1. The van der Waals surface area contributed by atoms with Crippen LogP contribution < -0.4 is 0 Å². The molecule has 0 aromatic rings. The molecule has 1 nitrogen and oxygen atoms in total. The number of nitriles is 1. The summed E-state index contributed by atoms with van der Waals surface area (Å²) in [5.74, 6) is 0.872. The van der Waals surface area contributed by atoms with Crippen molar-refractivity contribution in [2.45, 2.75) is 52.4 Å². The molecule has 64 valence electrons. The second-order valence-electron chi connectivity index (χ2n) is 3.27. The summed E-state index contributed by atoms with van der Waals surface area (Å²) < 4.78 is 0. The monoisotopic (exact) mass is 153 g/mol. The molecule has 0 saturated carbocycles. The number of hydrogen-bond acceptors (Lipinski definition) is 1. The van der Waals surface area contributed by atoms with Crippen LogP contribution in [0.1, 0.15) is 52.4 Å². The molecule has 1 heteroatoms. The summed E-state index contributed by atoms with van der Waals surface area (Å²) in [6, 6.07) is 2.17. The van der Waals surface area contributed by atoms with Crippen LogP contribution in [0.4, 0.5) is 0 Å². The molecule has 0 radical (unpaired) electrons. The van der Waals surface area contributed by atoms with Gasteiger partial charge in [0.1, 0.15) is 0 Å². The molecule has 0 aliphatic heterocycles. The fourth-order valence-corrected chi connectivity index (χ4v) is 1.08. The summed E-state index contributed by atoms with van der Waals surface area (Å²) in [4.78, 5) is 0. The van der Waals surface area contributed by atoms with E-state index in [0.717, 1.165) is 18.8 Å². The second-order valence-corrected chi connectivity index (χ2v) is 3.27. The largest absolute Gasteiger partial charge is 0.198 e. The van der Waals surface area contributed by atoms with E-state index in [1.165, 1.54) is 25.7 Å². The van der Waals surface area contributed by atoms with Gasteiger partial charge in [0, 0.05) is 6.42 Å². The van der Waals surface area contributed by atoms with E-state index < -0.39 is 0 Å². The van der Waals surface area contributed by atoms with E-state index in [1.54, 1.807) is 0 Å². The summed E-state index contributed by atoms with van der Waals surface area (Å²) in [7, 11) is 0. The highest BCUT2D eigenvalue weighted by atomic mass is 14.2. The molecule has 0 N–H and O–H groups in total. The molecule has 0 rings (SSSR count). The SMILES string of the molecule is CC[C@H](C)CCCCCC#N. The average molecular weight is 153 g/mol. The summed E-state index contributed by atoms with van der Waals surface area (Å²) in [5, 5.41) is 8.27. The third kappa shape index (κ3) is 7.39. The zero-order valence-electron chi connectivity index (χ0n) is 7.77. The molecular weight excluding hydrogens is 134 g/mol. The molecule has 0 fully saturated rings. The lowest BCUT2D eigenvalue weighted by Gasteiger charge is -2.05. The minimum absolute atomic E-state index is 0.737. The molecule has 0 aromatic heterocycles. The Balaban J connectivity index is 2.97. The van der Waals surface area contributed by atoms with Crippen LogP contribution >= 0.6 is 0 Å². The minimum Gasteiger partial charge on any atom is -0.198 e. The highest BCUT2D eigenvalue weighted by Gasteiger charge is 1.97. The van der Waals surface area contributed by atoms with Gasteiger partial charge in [0.15, 0.2) is 0 Å². The van der Waals surface area contributed by atoms with E-state index in [4.69, 9.17) is 5.26 Å². The number of nitrogens with zero attached hydrogens (tertiary/aromatic N) is 1. The fourth-order valence-electron chi connectivity index (χ4n) is 1.08. The number of unbranched alkanes of at least 4 members (excludes halogenated alkanes) is 3. The van der Waals surface area contributed by atoms with Crippen molar-refractivity contribution in [2.75, 3.05) is 0 Å². The van der Waals surface area contributed by atoms with E-state index in [1.807, 2.05) is 0 Å². The lowest BCUT2D eigenvalue weighted by Crippen LogP contribution is -1.91. The Morgan fingerprint density at radius 2 is 2.00 bits per heavy atom. The van der Waals surface area contributed by atoms with Crippen LogP contribution in [0.5, 0.6) is 0 Å². The van der Waals surface area contributed by atoms with Crippen molar-refractivity contribution in [1.29, 1.82) is 5.26 Å². The van der Waals surface area contributed by atoms with Crippen LogP contribution in [0.2, 0.25) is 0 Å². The first-order valence-corrected chi connectivity index (χ1v) is 4.68. The van der Waals surface area contributed by atoms with Gasteiger partial charge in [0.05, 0.1) is 6.07 Å². The van der Waals surface area contributed by atoms with Gasteiger partial charge in [0.25, 0.3) is 0 Å². The first-order chi connectivity index (χ1) is 5.31. The fraction of sp³-hybridized carbons (Fsp3) is 0.900. The van der Waals surface area contributed by atoms with E-state index in [9.17, 15) is 0 Å². The van der Waals surface area contributed by atoms with Crippen LogP contribution in [0.3, 0.4) is 0 Å². The van der Waals surface area contributed by atoms with Crippen LogP contribution in [-0.4, -0.2) is 0 Å². The first kappa shape index (κ1) is 10.5. The van der Waals surface area contributed by atoms with Gasteiger partial charge in [-0.2, -0.15) is 5.26 Å². The Hall–Kier alpha value is -0.510. The molecule has 0 saturated heterocycles. The van der Waals surface area contributed by atoms with E-state index in [-0.39, 0.29) is 0 Å². The van der Waals surface area contributed by atoms with Crippen LogP contribution in [-0.2, 0) is 0 Å². The minimum atomic E-state index is 0.737. The number of rotatable bonds is 6. The molecule has 0 aromatic carbocycles. The Labute approximate surface area is 70.4 Å². The van der Waals surface area contributed by atoms with Crippen LogP contribution in [0.15, 0.2) is 0 Å². The topological polar surface area (TPSA) is 23.8 Å². The normalized spacial score (nSPS) is 12.5. The van der Waals surface area contributed by atoms with Gasteiger partial charge in [-0.05, 0) is 12.3 Å². The molecule has 11 heavy (non-hydrogen) atoms. The van der Waals surface area contributed by atoms with Gasteiger partial charge >= 0.3 is 0 Å². The van der Waals surface area contributed by atoms with Gasteiger partial charge in [-0.3, -0.25) is 0 Å². The van der Waals surface area contributed by atoms with Crippen molar-refractivity contribution in [3.05, 3.63) is 0 Å². The second kappa shape index (κ2) is 7.60. The third-order valence-electron chi connectivity index (χ3n) is 2.18. The Bertz CT molecular complexity index is 113. The molecule has 0 aliphatic carbocycles. The molecular formula is C10H19N. The van der Waals surface area contributed by atoms with E-state index in [0.29, 0.717) is 0 Å². The predicted octanol–water partition coefficient (Wildman–Crippen LogP) is 3.51. The quantitative estimate of drug-likeness (QED) is 0.536. The lowest BCUT2D eigenvalue weighted by molar-refractivity contribution is 0.479. The predicted molar refractivity (Wildman–Crippen MR) is 48.2 cm³/mol. The number of hydrogen-bond donors (Lipinski definition) is 0. The van der Waals surface area contributed by atoms with Gasteiger partial charge in [0.2, 0.25) is 0 Å². The smallest absolute Gasteiger partial charge is 0.0621 e. The van der Waals surface area contributed by atoms with Crippen molar-refractivity contribution in [1.82, 2.24) is 0 Å². The van der Waals surface area contributed by atoms with Crippen LogP contribution in [0.25, 0.3) is 0 Å². The first-order valence-electron chi connectivity index (χ1n) is 4.68. The summed E-state index contributed by atoms with van der Waals surface area (Å²) in [6.45, 7) is 4.53. The lowest BCUT2D eigenvalue weighted by atomic mass is 10.0. The van der Waals surface area contributed by atoms with Gasteiger partial charge in [-0.1, -0.05) is 39.5 Å². The summed E-state index contributed by atoms with van der Waals surface area (Å²) in [6.07, 6.45) is 6.99. The van der Waals surface area contributed by atoms with Crippen molar-refractivity contribution < 1.29 is 0 Å². The van der Waals surface area contributed by atoms with Gasteiger partial charge in [-0.15, -0.1) is 0 Å². The molecule has 0 heterocycles. The molecule has 0 bridgehead atoms. The molecule has 0 unspecified atom stereocenters. The maximum absolute atomic E-state index is 8.27. The zero-order chi connectivity index (χ0) is 8.53. The van der Waals surface area contributed by atoms with E-state index in [2.05, 4.69) is 19.9 Å². The summed E-state index contributed by atoms with van der Waals surface area (Å²) in [5.41, 5.74) is 0.